The average Bonchev–Trinajstić information content (AvgIpc) is 2.61. The minimum Gasteiger partial charge on any atom is -0.393 e. The van der Waals surface area contributed by atoms with Gasteiger partial charge in [0.2, 0.25) is 0 Å². The summed E-state index contributed by atoms with van der Waals surface area (Å²) in [7, 11) is 3.69. The van der Waals surface area contributed by atoms with Crippen LogP contribution in [-0.4, -0.2) is 40.2 Å². The van der Waals surface area contributed by atoms with Gasteiger partial charge in [0, 0.05) is 26.8 Å². The fourth-order valence-electron chi connectivity index (χ4n) is 2.20. The molecule has 0 spiro atoms. The summed E-state index contributed by atoms with van der Waals surface area (Å²) in [5, 5.41) is 9.19. The first-order valence-corrected chi connectivity index (χ1v) is 5.62. The van der Waals surface area contributed by atoms with Crippen molar-refractivity contribution in [2.75, 3.05) is 13.6 Å². The monoisotopic (exact) mass is 222 g/mol. The number of amides is 1. The predicted octanol–water partition coefficient (Wildman–Crippen LogP) is 0.868. The Kier molecular flexibility index (Phi) is 3.01. The molecule has 0 unspecified atom stereocenters. The molecule has 1 N–H and O–H groups in total. The van der Waals surface area contributed by atoms with Crippen molar-refractivity contribution < 1.29 is 9.90 Å². The van der Waals surface area contributed by atoms with Crippen LogP contribution >= 0.6 is 0 Å². The first-order valence-electron chi connectivity index (χ1n) is 5.62. The Labute approximate surface area is 95.5 Å². The molecule has 1 heterocycles. The standard InChI is InChI=1S/C12H18N2O2/c1-13-5-3-4-11(13)12(16)14(2)8-9-6-10(15)7-9/h3-5,9-10,15H,6-8H2,1-2H3. The minimum atomic E-state index is -0.150. The van der Waals surface area contributed by atoms with Gasteiger partial charge in [-0.1, -0.05) is 0 Å². The van der Waals surface area contributed by atoms with Crippen molar-refractivity contribution in [2.45, 2.75) is 18.9 Å². The smallest absolute Gasteiger partial charge is 0.270 e. The quantitative estimate of drug-likeness (QED) is 0.824. The zero-order valence-corrected chi connectivity index (χ0v) is 9.76. The predicted molar refractivity (Wildman–Crippen MR) is 61.1 cm³/mol. The first-order chi connectivity index (χ1) is 7.58. The van der Waals surface area contributed by atoms with Crippen molar-refractivity contribution in [3.63, 3.8) is 0 Å². The van der Waals surface area contributed by atoms with Crippen LogP contribution < -0.4 is 0 Å². The highest BCUT2D eigenvalue weighted by Crippen LogP contribution is 2.27. The molecule has 2 rings (SSSR count). The number of nitrogens with zero attached hydrogens (tertiary/aromatic N) is 2. The lowest BCUT2D eigenvalue weighted by Crippen LogP contribution is -2.39. The molecular formula is C12H18N2O2. The van der Waals surface area contributed by atoms with E-state index in [9.17, 15) is 9.90 Å². The molecule has 1 aliphatic rings. The number of aromatic nitrogens is 1. The van der Waals surface area contributed by atoms with E-state index in [1.807, 2.05) is 37.0 Å². The van der Waals surface area contributed by atoms with Crippen LogP contribution in [-0.2, 0) is 7.05 Å². The first kappa shape index (κ1) is 11.2. The number of aryl methyl sites for hydroxylation is 1. The summed E-state index contributed by atoms with van der Waals surface area (Å²) >= 11 is 0. The molecule has 1 amide bonds. The van der Waals surface area contributed by atoms with Crippen molar-refractivity contribution in [3.8, 4) is 0 Å². The van der Waals surface area contributed by atoms with Crippen molar-refractivity contribution >= 4 is 5.91 Å². The second kappa shape index (κ2) is 4.29. The molecule has 1 fully saturated rings. The largest absolute Gasteiger partial charge is 0.393 e. The normalized spacial score (nSPS) is 23.9. The maximum absolute atomic E-state index is 12.0. The van der Waals surface area contributed by atoms with Crippen molar-refractivity contribution in [2.24, 2.45) is 13.0 Å². The molecule has 4 nitrogen and oxygen atoms in total. The highest BCUT2D eigenvalue weighted by Gasteiger charge is 2.29. The third kappa shape index (κ3) is 2.11. The lowest BCUT2D eigenvalue weighted by molar-refractivity contribution is 0.0263. The summed E-state index contributed by atoms with van der Waals surface area (Å²) in [5.74, 6) is 0.512. The molecule has 4 heteroatoms. The van der Waals surface area contributed by atoms with E-state index in [4.69, 9.17) is 0 Å². The number of rotatable bonds is 3. The third-order valence-electron chi connectivity index (χ3n) is 3.25. The number of aliphatic hydroxyl groups is 1. The molecule has 16 heavy (non-hydrogen) atoms. The van der Waals surface area contributed by atoms with Gasteiger partial charge in [-0.15, -0.1) is 0 Å². The molecule has 0 radical (unpaired) electrons. The van der Waals surface area contributed by atoms with Gasteiger partial charge < -0.3 is 14.6 Å². The molecule has 0 aliphatic heterocycles. The minimum absolute atomic E-state index is 0.0499. The van der Waals surface area contributed by atoms with Gasteiger partial charge in [0.1, 0.15) is 5.69 Å². The fourth-order valence-corrected chi connectivity index (χ4v) is 2.20. The van der Waals surface area contributed by atoms with Gasteiger partial charge >= 0.3 is 0 Å². The Morgan fingerprint density at radius 1 is 1.62 bits per heavy atom. The number of hydrogen-bond acceptors (Lipinski definition) is 2. The van der Waals surface area contributed by atoms with Gasteiger partial charge in [-0.3, -0.25) is 4.79 Å². The molecule has 0 bridgehead atoms. The van der Waals surface area contributed by atoms with Crippen LogP contribution in [0, 0.1) is 5.92 Å². The van der Waals surface area contributed by atoms with Crippen molar-refractivity contribution in [3.05, 3.63) is 24.0 Å². The Morgan fingerprint density at radius 3 is 2.81 bits per heavy atom. The van der Waals surface area contributed by atoms with E-state index in [0.29, 0.717) is 11.6 Å². The third-order valence-corrected chi connectivity index (χ3v) is 3.25. The van der Waals surface area contributed by atoms with Gasteiger partial charge in [0.15, 0.2) is 0 Å². The molecule has 0 saturated heterocycles. The number of aliphatic hydroxyl groups excluding tert-OH is 1. The Morgan fingerprint density at radius 2 is 2.31 bits per heavy atom. The van der Waals surface area contributed by atoms with E-state index in [-0.39, 0.29) is 12.0 Å². The molecule has 0 atom stereocenters. The molecule has 88 valence electrons. The zero-order chi connectivity index (χ0) is 11.7. The number of carbonyl (C=O) groups is 1. The summed E-state index contributed by atoms with van der Waals surface area (Å²) < 4.78 is 1.83. The van der Waals surface area contributed by atoms with E-state index in [1.165, 1.54) is 0 Å². The van der Waals surface area contributed by atoms with Crippen LogP contribution in [0.2, 0.25) is 0 Å². The summed E-state index contributed by atoms with van der Waals surface area (Å²) in [5.41, 5.74) is 0.711. The lowest BCUT2D eigenvalue weighted by atomic mass is 9.82. The van der Waals surface area contributed by atoms with Crippen LogP contribution in [0.4, 0.5) is 0 Å². The van der Waals surface area contributed by atoms with E-state index < -0.39 is 0 Å². The van der Waals surface area contributed by atoms with Crippen LogP contribution in [0.3, 0.4) is 0 Å². The van der Waals surface area contributed by atoms with Crippen molar-refractivity contribution in [1.29, 1.82) is 0 Å². The van der Waals surface area contributed by atoms with Gasteiger partial charge in [-0.2, -0.15) is 0 Å². The lowest BCUT2D eigenvalue weighted by Gasteiger charge is -2.34. The second-order valence-electron chi connectivity index (χ2n) is 4.68. The number of carbonyl (C=O) groups excluding carboxylic acids is 1. The molecule has 1 aliphatic carbocycles. The topological polar surface area (TPSA) is 45.5 Å². The Bertz CT molecular complexity index is 380. The molecular weight excluding hydrogens is 204 g/mol. The Hall–Kier alpha value is -1.29. The summed E-state index contributed by atoms with van der Waals surface area (Å²) in [4.78, 5) is 13.8. The maximum atomic E-state index is 12.0. The molecule has 1 aromatic heterocycles. The summed E-state index contributed by atoms with van der Waals surface area (Å²) in [6.07, 6.45) is 3.37. The number of hydrogen-bond donors (Lipinski definition) is 1. The van der Waals surface area contributed by atoms with Crippen LogP contribution in [0.1, 0.15) is 23.3 Å². The van der Waals surface area contributed by atoms with E-state index >= 15 is 0 Å². The zero-order valence-electron chi connectivity index (χ0n) is 9.76. The SMILES string of the molecule is CN(CC1CC(O)C1)C(=O)c1cccn1C. The van der Waals surface area contributed by atoms with Gasteiger partial charge in [0.25, 0.3) is 5.91 Å². The van der Waals surface area contributed by atoms with Crippen LogP contribution in [0.15, 0.2) is 18.3 Å². The average molecular weight is 222 g/mol. The van der Waals surface area contributed by atoms with E-state index in [0.717, 1.165) is 19.4 Å². The van der Waals surface area contributed by atoms with Crippen molar-refractivity contribution in [1.82, 2.24) is 9.47 Å². The summed E-state index contributed by atoms with van der Waals surface area (Å²) in [6, 6.07) is 3.70. The fraction of sp³-hybridized carbons (Fsp3) is 0.583. The molecule has 1 aromatic rings. The maximum Gasteiger partial charge on any atom is 0.270 e. The van der Waals surface area contributed by atoms with E-state index in [1.54, 1.807) is 4.90 Å². The highest BCUT2D eigenvalue weighted by atomic mass is 16.3. The van der Waals surface area contributed by atoms with Crippen LogP contribution in [0.5, 0.6) is 0 Å². The molecule has 0 aromatic carbocycles. The van der Waals surface area contributed by atoms with Gasteiger partial charge in [-0.25, -0.2) is 0 Å². The van der Waals surface area contributed by atoms with Crippen LogP contribution in [0.25, 0.3) is 0 Å². The highest BCUT2D eigenvalue weighted by molar-refractivity contribution is 5.92. The van der Waals surface area contributed by atoms with E-state index in [2.05, 4.69) is 0 Å². The summed E-state index contributed by atoms with van der Waals surface area (Å²) in [6.45, 7) is 0.737. The second-order valence-corrected chi connectivity index (χ2v) is 4.68. The Balaban J connectivity index is 1.92. The van der Waals surface area contributed by atoms with Gasteiger partial charge in [0.05, 0.1) is 6.10 Å². The molecule has 1 saturated carbocycles. The van der Waals surface area contributed by atoms with Gasteiger partial charge in [-0.05, 0) is 30.9 Å².